The van der Waals surface area contributed by atoms with Crippen LogP contribution in [0.4, 0.5) is 0 Å². The van der Waals surface area contributed by atoms with Crippen molar-refractivity contribution in [1.29, 1.82) is 0 Å². The number of rotatable bonds is 11. The lowest BCUT2D eigenvalue weighted by molar-refractivity contribution is 0.671. The van der Waals surface area contributed by atoms with Gasteiger partial charge in [0.15, 0.2) is 16.1 Å². The number of benzene rings is 14. The van der Waals surface area contributed by atoms with Gasteiger partial charge in [-0.25, -0.2) is 0 Å². The number of nitrogens with zero attached hydrogens (tertiary/aromatic N) is 3. The number of aromatic nitrogens is 3. The highest BCUT2D eigenvalue weighted by molar-refractivity contribution is 7.21. The zero-order chi connectivity index (χ0) is 59.3. The van der Waals surface area contributed by atoms with Gasteiger partial charge in [-0.3, -0.25) is 0 Å². The normalized spacial score (nSPS) is 12.2. The molecule has 0 spiro atoms. The van der Waals surface area contributed by atoms with Gasteiger partial charge in [-0.1, -0.05) is 273 Å². The van der Waals surface area contributed by atoms with Gasteiger partial charge in [0.25, 0.3) is 0 Å². The molecule has 4 heterocycles. The zero-order valence-corrected chi connectivity index (χ0v) is 51.2. The highest BCUT2D eigenvalue weighted by Crippen LogP contribution is 2.41. The third kappa shape index (κ3) is 7.53. The summed E-state index contributed by atoms with van der Waals surface area (Å²) >= 11 is 0. The molecule has 0 amide bonds. The summed E-state index contributed by atoms with van der Waals surface area (Å²) in [4.78, 5) is 0. The summed E-state index contributed by atoms with van der Waals surface area (Å²) < 4.78 is 14.8. The maximum Gasteiger partial charge on any atom is 0.184 e. The minimum absolute atomic E-state index is 0.870. The Morgan fingerprint density at radius 2 is 0.633 bits per heavy atom. The minimum atomic E-state index is -3.20. The highest BCUT2D eigenvalue weighted by atomic mass is 28.3. The van der Waals surface area contributed by atoms with Crippen molar-refractivity contribution in [3.63, 3.8) is 0 Å². The number of fused-ring (bicyclic) bond motifs is 12. The molecule has 6 heteroatoms. The monoisotopic (exact) mass is 1180 g/mol. The van der Waals surface area contributed by atoms with Gasteiger partial charge >= 0.3 is 0 Å². The predicted octanol–water partition coefficient (Wildman–Crippen LogP) is 15.6. The minimum Gasteiger partial charge on any atom is -0.456 e. The molecule has 0 saturated heterocycles. The Balaban J connectivity index is 0.882. The molecule has 0 aliphatic carbocycles. The first kappa shape index (κ1) is 51.9. The molecular formula is C84H57N3OSi2. The zero-order valence-electron chi connectivity index (χ0n) is 49.2. The Kier molecular flexibility index (Phi) is 11.9. The van der Waals surface area contributed by atoms with Crippen molar-refractivity contribution < 1.29 is 4.42 Å². The quantitative estimate of drug-likeness (QED) is 0.0937. The third-order valence-electron chi connectivity index (χ3n) is 19.3. The Labute approximate surface area is 522 Å². The van der Waals surface area contributed by atoms with Crippen LogP contribution in [-0.2, 0) is 0 Å². The molecule has 4 aromatic heterocycles. The Hall–Kier alpha value is -11.3. The van der Waals surface area contributed by atoms with Crippen molar-refractivity contribution >= 4 is 145 Å². The molecule has 0 aliphatic rings. The van der Waals surface area contributed by atoms with Gasteiger partial charge in [0, 0.05) is 49.1 Å². The molecule has 0 aliphatic heterocycles. The lowest BCUT2D eigenvalue weighted by atomic mass is 10.1. The van der Waals surface area contributed by atoms with Crippen LogP contribution in [0, 0.1) is 0 Å². The fraction of sp³-hybridized carbons (Fsp3) is 0. The van der Waals surface area contributed by atoms with E-state index in [-0.39, 0.29) is 0 Å². The SMILES string of the molecule is c1ccc(-n2c3ccccc3c3cc([Si](c4ccccc4)(c4ccccc4)c4cccc5c4c4ccccc4n5-c4ccc5c(c4)c4ccccc4n5-c4ccc([Si](c5ccccc5)(c5ccccc5)c5ccccc5)c5oc6ccccc6c45)ccc32)cc1. The number of hydrogen-bond acceptors (Lipinski definition) is 1. The van der Waals surface area contributed by atoms with Crippen LogP contribution in [0.15, 0.2) is 350 Å². The summed E-state index contributed by atoms with van der Waals surface area (Å²) in [5, 5.41) is 20.0. The van der Waals surface area contributed by atoms with Crippen molar-refractivity contribution in [2.75, 3.05) is 0 Å². The van der Waals surface area contributed by atoms with E-state index in [0.29, 0.717) is 0 Å². The van der Waals surface area contributed by atoms with Crippen LogP contribution in [0.2, 0.25) is 0 Å². The molecule has 0 unspecified atom stereocenters. The van der Waals surface area contributed by atoms with Gasteiger partial charge in [-0.15, -0.1) is 0 Å². The van der Waals surface area contributed by atoms with Gasteiger partial charge in [-0.2, -0.15) is 0 Å². The standard InChI is InChI=1S/C84H57N3OSi2/c1-7-28-58(29-8-1)85-72-44-23-19-41-67(72)71-57-65(51-53-75(71)85)90(63-36-15-5-16-37-63,64-38-17-6-18-39-64)80-49-27-47-77-82(80)68-42-21-25-46-74(68)86(77)59-50-52-76-70(56-59)66-40-20-24-45-73(66)87(76)78-54-55-81(84-83(78)69-43-22-26-48-79(69)88-84)89(60-30-9-2-10-31-60,61-32-11-3-12-33-61)62-34-13-4-14-35-62/h1-57H. The van der Waals surface area contributed by atoms with Gasteiger partial charge in [0.1, 0.15) is 11.2 Å². The van der Waals surface area contributed by atoms with Crippen LogP contribution in [-0.4, -0.2) is 29.8 Å². The smallest absolute Gasteiger partial charge is 0.184 e. The molecule has 90 heavy (non-hydrogen) atoms. The maximum absolute atomic E-state index is 7.36. The molecule has 0 atom stereocenters. The second-order valence-electron chi connectivity index (χ2n) is 23.8. The molecular weight excluding hydrogens is 1120 g/mol. The molecule has 18 rings (SSSR count). The molecule has 0 saturated carbocycles. The molecule has 0 N–H and O–H groups in total. The van der Waals surface area contributed by atoms with Crippen molar-refractivity contribution in [3.05, 3.63) is 346 Å². The second-order valence-corrected chi connectivity index (χ2v) is 31.3. The van der Waals surface area contributed by atoms with Crippen LogP contribution in [0.25, 0.3) is 104 Å². The van der Waals surface area contributed by atoms with E-state index in [4.69, 9.17) is 4.42 Å². The van der Waals surface area contributed by atoms with Crippen molar-refractivity contribution in [3.8, 4) is 17.1 Å². The van der Waals surface area contributed by atoms with Gasteiger partial charge < -0.3 is 18.1 Å². The maximum atomic E-state index is 7.36. The van der Waals surface area contributed by atoms with Crippen LogP contribution in [0.3, 0.4) is 0 Å². The van der Waals surface area contributed by atoms with Crippen LogP contribution >= 0.6 is 0 Å². The lowest BCUT2D eigenvalue weighted by Crippen LogP contribution is -2.74. The Morgan fingerprint density at radius 1 is 0.222 bits per heavy atom. The summed E-state index contributed by atoms with van der Waals surface area (Å²) in [5.74, 6) is 0. The van der Waals surface area contributed by atoms with Gasteiger partial charge in [-0.05, 0) is 114 Å². The summed E-state index contributed by atoms with van der Waals surface area (Å²) in [7, 11) is -6.24. The molecule has 14 aromatic carbocycles. The topological polar surface area (TPSA) is 27.9 Å². The number of furan rings is 1. The van der Waals surface area contributed by atoms with E-state index >= 15 is 0 Å². The average molecular weight is 1180 g/mol. The summed E-state index contributed by atoms with van der Waals surface area (Å²) in [6.07, 6.45) is 0. The van der Waals surface area contributed by atoms with Gasteiger partial charge in [0.2, 0.25) is 0 Å². The van der Waals surface area contributed by atoms with Crippen molar-refractivity contribution in [2.24, 2.45) is 0 Å². The van der Waals surface area contributed by atoms with E-state index < -0.39 is 16.1 Å². The van der Waals surface area contributed by atoms with Crippen molar-refractivity contribution in [1.82, 2.24) is 13.7 Å². The largest absolute Gasteiger partial charge is 0.456 e. The fourth-order valence-corrected chi connectivity index (χ4v) is 25.6. The Bertz CT molecular complexity index is 5640. The molecule has 0 radical (unpaired) electrons. The van der Waals surface area contributed by atoms with E-state index in [1.165, 1.54) is 95.9 Å². The summed E-state index contributed by atoms with van der Waals surface area (Å²) in [6, 6.07) is 129. The van der Waals surface area contributed by atoms with E-state index in [1.807, 2.05) is 0 Å². The molecule has 0 fully saturated rings. The number of para-hydroxylation sites is 5. The summed E-state index contributed by atoms with van der Waals surface area (Å²) in [6.45, 7) is 0. The summed E-state index contributed by atoms with van der Waals surface area (Å²) in [5.41, 5.74) is 12.1. The molecule has 0 bridgehead atoms. The van der Waals surface area contributed by atoms with E-state index in [0.717, 1.165) is 50.0 Å². The number of hydrogen-bond donors (Lipinski definition) is 0. The Morgan fingerprint density at radius 3 is 1.21 bits per heavy atom. The molecule has 4 nitrogen and oxygen atoms in total. The van der Waals surface area contributed by atoms with E-state index in [2.05, 4.69) is 359 Å². The first-order valence-electron chi connectivity index (χ1n) is 31.1. The van der Waals surface area contributed by atoms with E-state index in [1.54, 1.807) is 0 Å². The predicted molar refractivity (Wildman–Crippen MR) is 384 cm³/mol. The third-order valence-corrected chi connectivity index (χ3v) is 28.9. The first-order valence-corrected chi connectivity index (χ1v) is 35.1. The molecule has 422 valence electrons. The van der Waals surface area contributed by atoms with E-state index in [9.17, 15) is 0 Å². The second kappa shape index (κ2) is 20.7. The lowest BCUT2D eigenvalue weighted by Gasteiger charge is -2.35. The molecule has 18 aromatic rings. The first-order chi connectivity index (χ1) is 44.7. The average Bonchev–Trinajstić information content (AvgIpc) is 1.39. The van der Waals surface area contributed by atoms with Crippen LogP contribution in [0.1, 0.15) is 0 Å². The van der Waals surface area contributed by atoms with Crippen molar-refractivity contribution in [2.45, 2.75) is 0 Å². The highest BCUT2D eigenvalue weighted by Gasteiger charge is 2.46. The van der Waals surface area contributed by atoms with Crippen LogP contribution < -0.4 is 41.5 Å². The van der Waals surface area contributed by atoms with Crippen LogP contribution in [0.5, 0.6) is 0 Å². The van der Waals surface area contributed by atoms with Gasteiger partial charge in [0.05, 0.1) is 44.2 Å². The fourth-order valence-electron chi connectivity index (χ4n) is 15.7.